The molecule has 0 bridgehead atoms. The largest absolute Gasteiger partial charge is 0.442 e. The van der Waals surface area contributed by atoms with Crippen molar-refractivity contribution in [2.75, 3.05) is 18.0 Å². The standard InChI is InChI=1S/C18H17FN2O3/c19-14-8-6-13(7-9-14)10-17(22)20-11-16-12-21(18(23)24-16)15-4-2-1-3-5-15/h1-9,16H,10-12H2,(H,20,22). The number of rotatable bonds is 5. The van der Waals surface area contributed by atoms with Crippen molar-refractivity contribution in [3.8, 4) is 0 Å². The first-order valence-electron chi connectivity index (χ1n) is 7.66. The first-order chi connectivity index (χ1) is 11.6. The van der Waals surface area contributed by atoms with E-state index in [1.54, 1.807) is 12.1 Å². The molecule has 2 aromatic carbocycles. The Morgan fingerprint density at radius 2 is 1.88 bits per heavy atom. The number of carbonyl (C=O) groups excluding carboxylic acids is 2. The second-order valence-electron chi connectivity index (χ2n) is 5.56. The van der Waals surface area contributed by atoms with E-state index in [0.29, 0.717) is 6.54 Å². The van der Waals surface area contributed by atoms with Gasteiger partial charge < -0.3 is 10.1 Å². The van der Waals surface area contributed by atoms with Gasteiger partial charge in [-0.05, 0) is 29.8 Å². The molecule has 2 amide bonds. The van der Waals surface area contributed by atoms with Crippen molar-refractivity contribution in [3.63, 3.8) is 0 Å². The average Bonchev–Trinajstić information content (AvgIpc) is 2.97. The Balaban J connectivity index is 1.49. The van der Waals surface area contributed by atoms with Gasteiger partial charge in [0, 0.05) is 5.69 Å². The molecule has 1 aliphatic rings. The van der Waals surface area contributed by atoms with Crippen LogP contribution in [0.1, 0.15) is 5.56 Å². The Morgan fingerprint density at radius 3 is 2.58 bits per heavy atom. The van der Waals surface area contributed by atoms with Crippen LogP contribution in [0.25, 0.3) is 0 Å². The lowest BCUT2D eigenvalue weighted by Crippen LogP contribution is -2.35. The lowest BCUT2D eigenvalue weighted by molar-refractivity contribution is -0.120. The number of anilines is 1. The van der Waals surface area contributed by atoms with Crippen molar-refractivity contribution in [3.05, 3.63) is 66.0 Å². The summed E-state index contributed by atoms with van der Waals surface area (Å²) in [6, 6.07) is 15.0. The summed E-state index contributed by atoms with van der Waals surface area (Å²) in [7, 11) is 0. The maximum absolute atomic E-state index is 12.8. The van der Waals surface area contributed by atoms with E-state index in [-0.39, 0.29) is 24.7 Å². The van der Waals surface area contributed by atoms with E-state index in [9.17, 15) is 14.0 Å². The summed E-state index contributed by atoms with van der Waals surface area (Å²) in [6.45, 7) is 0.634. The Labute approximate surface area is 139 Å². The van der Waals surface area contributed by atoms with Crippen molar-refractivity contribution in [2.45, 2.75) is 12.5 Å². The van der Waals surface area contributed by atoms with Crippen LogP contribution in [0.15, 0.2) is 54.6 Å². The molecule has 2 aromatic rings. The number of cyclic esters (lactones) is 1. The molecule has 24 heavy (non-hydrogen) atoms. The number of hydrogen-bond acceptors (Lipinski definition) is 3. The number of nitrogens with one attached hydrogen (secondary N) is 1. The Hall–Kier alpha value is -2.89. The fourth-order valence-electron chi connectivity index (χ4n) is 2.52. The minimum atomic E-state index is -0.418. The maximum Gasteiger partial charge on any atom is 0.414 e. The molecule has 0 radical (unpaired) electrons. The minimum absolute atomic E-state index is 0.156. The molecule has 1 unspecified atom stereocenters. The van der Waals surface area contributed by atoms with Crippen molar-refractivity contribution in [1.82, 2.24) is 5.32 Å². The van der Waals surface area contributed by atoms with Crippen LogP contribution < -0.4 is 10.2 Å². The van der Waals surface area contributed by atoms with Gasteiger partial charge in [-0.25, -0.2) is 9.18 Å². The van der Waals surface area contributed by atoms with E-state index < -0.39 is 12.2 Å². The van der Waals surface area contributed by atoms with Gasteiger partial charge in [-0.2, -0.15) is 0 Å². The quantitative estimate of drug-likeness (QED) is 0.917. The van der Waals surface area contributed by atoms with E-state index in [4.69, 9.17) is 4.74 Å². The molecule has 5 nitrogen and oxygen atoms in total. The Morgan fingerprint density at radius 1 is 1.17 bits per heavy atom. The van der Waals surface area contributed by atoms with Gasteiger partial charge in [0.2, 0.25) is 5.91 Å². The molecule has 1 heterocycles. The molecular formula is C18H17FN2O3. The first kappa shape index (κ1) is 16.0. The third kappa shape index (κ3) is 3.90. The van der Waals surface area contributed by atoms with E-state index >= 15 is 0 Å². The molecule has 1 atom stereocenters. The molecule has 0 spiro atoms. The molecule has 3 rings (SSSR count). The highest BCUT2D eigenvalue weighted by molar-refractivity contribution is 5.89. The number of benzene rings is 2. The van der Waals surface area contributed by atoms with E-state index in [2.05, 4.69) is 5.32 Å². The van der Waals surface area contributed by atoms with Crippen molar-refractivity contribution < 1.29 is 18.7 Å². The number of carbonyl (C=O) groups is 2. The van der Waals surface area contributed by atoms with Gasteiger partial charge in [-0.15, -0.1) is 0 Å². The molecule has 1 saturated heterocycles. The molecule has 0 aromatic heterocycles. The number of halogens is 1. The van der Waals surface area contributed by atoms with Gasteiger partial charge in [-0.1, -0.05) is 30.3 Å². The second-order valence-corrected chi connectivity index (χ2v) is 5.56. The fraction of sp³-hybridized carbons (Fsp3) is 0.222. The molecule has 0 saturated carbocycles. The molecule has 0 aliphatic carbocycles. The summed E-state index contributed by atoms with van der Waals surface area (Å²) in [5, 5.41) is 2.74. The van der Waals surface area contributed by atoms with E-state index in [1.807, 2.05) is 30.3 Å². The van der Waals surface area contributed by atoms with Crippen LogP contribution in [0.4, 0.5) is 14.9 Å². The summed E-state index contributed by atoms with van der Waals surface area (Å²) in [6.07, 6.45) is -0.655. The van der Waals surface area contributed by atoms with Gasteiger partial charge in [0.25, 0.3) is 0 Å². The zero-order valence-electron chi connectivity index (χ0n) is 12.9. The van der Waals surface area contributed by atoms with Crippen LogP contribution in [0.3, 0.4) is 0 Å². The summed E-state index contributed by atoms with van der Waals surface area (Å²) < 4.78 is 18.1. The SMILES string of the molecule is O=C(Cc1ccc(F)cc1)NCC1CN(c2ccccc2)C(=O)O1. The average molecular weight is 328 g/mol. The van der Waals surface area contributed by atoms with Gasteiger partial charge in [0.05, 0.1) is 19.5 Å². The van der Waals surface area contributed by atoms with E-state index in [0.717, 1.165) is 11.3 Å². The second kappa shape index (κ2) is 7.12. The third-order valence-electron chi connectivity index (χ3n) is 3.75. The van der Waals surface area contributed by atoms with Crippen molar-refractivity contribution in [1.29, 1.82) is 0 Å². The predicted molar refractivity (Wildman–Crippen MR) is 87.2 cm³/mol. The number of nitrogens with zero attached hydrogens (tertiary/aromatic N) is 1. The summed E-state index contributed by atoms with van der Waals surface area (Å²) >= 11 is 0. The van der Waals surface area contributed by atoms with Gasteiger partial charge in [0.15, 0.2) is 0 Å². The topological polar surface area (TPSA) is 58.6 Å². The summed E-state index contributed by atoms with van der Waals surface area (Å²) in [5.74, 6) is -0.533. The van der Waals surface area contributed by atoms with Crippen LogP contribution in [-0.4, -0.2) is 31.2 Å². The predicted octanol–water partition coefficient (Wildman–Crippen LogP) is 2.51. The van der Waals surface area contributed by atoms with Crippen molar-refractivity contribution >= 4 is 17.7 Å². The van der Waals surface area contributed by atoms with Crippen LogP contribution in [0.2, 0.25) is 0 Å². The van der Waals surface area contributed by atoms with Gasteiger partial charge in [0.1, 0.15) is 11.9 Å². The highest BCUT2D eigenvalue weighted by Crippen LogP contribution is 2.20. The fourth-order valence-corrected chi connectivity index (χ4v) is 2.52. The zero-order valence-corrected chi connectivity index (χ0v) is 12.9. The molecule has 1 fully saturated rings. The highest BCUT2D eigenvalue weighted by atomic mass is 19.1. The van der Waals surface area contributed by atoms with Crippen LogP contribution in [0.5, 0.6) is 0 Å². The molecule has 6 heteroatoms. The molecule has 124 valence electrons. The minimum Gasteiger partial charge on any atom is -0.442 e. The number of ether oxygens (including phenoxy) is 1. The Bertz CT molecular complexity index is 719. The normalized spacial score (nSPS) is 16.8. The molecule has 1 N–H and O–H groups in total. The number of hydrogen-bond donors (Lipinski definition) is 1. The third-order valence-corrected chi connectivity index (χ3v) is 3.75. The monoisotopic (exact) mass is 328 g/mol. The lowest BCUT2D eigenvalue weighted by atomic mass is 10.1. The van der Waals surface area contributed by atoms with Crippen LogP contribution in [0, 0.1) is 5.82 Å². The number of para-hydroxylation sites is 1. The maximum atomic E-state index is 12.8. The Kier molecular flexibility index (Phi) is 4.74. The van der Waals surface area contributed by atoms with Gasteiger partial charge in [-0.3, -0.25) is 9.69 Å². The van der Waals surface area contributed by atoms with Crippen LogP contribution in [-0.2, 0) is 16.0 Å². The summed E-state index contributed by atoms with van der Waals surface area (Å²) in [5.41, 5.74) is 1.49. The smallest absolute Gasteiger partial charge is 0.414 e. The van der Waals surface area contributed by atoms with Crippen molar-refractivity contribution in [2.24, 2.45) is 0 Å². The molecular weight excluding hydrogens is 311 g/mol. The van der Waals surface area contributed by atoms with Crippen LogP contribution >= 0.6 is 0 Å². The van der Waals surface area contributed by atoms with E-state index in [1.165, 1.54) is 17.0 Å². The highest BCUT2D eigenvalue weighted by Gasteiger charge is 2.32. The molecule has 1 aliphatic heterocycles. The zero-order chi connectivity index (χ0) is 16.9. The first-order valence-corrected chi connectivity index (χ1v) is 7.66. The lowest BCUT2D eigenvalue weighted by Gasteiger charge is -2.12. The summed E-state index contributed by atoms with van der Waals surface area (Å²) in [4.78, 5) is 25.4. The van der Waals surface area contributed by atoms with Gasteiger partial charge >= 0.3 is 6.09 Å². The number of amides is 2.